The molecule has 0 radical (unpaired) electrons. The van der Waals surface area contributed by atoms with Gasteiger partial charge in [0.1, 0.15) is 18.0 Å². The summed E-state index contributed by atoms with van der Waals surface area (Å²) in [5.74, 6) is -0.00301. The number of nitro benzene ring substituents is 1. The zero-order chi connectivity index (χ0) is 22.1. The van der Waals surface area contributed by atoms with Crippen LogP contribution in [-0.2, 0) is 14.3 Å². The van der Waals surface area contributed by atoms with Crippen molar-refractivity contribution in [2.45, 2.75) is 25.5 Å². The molecule has 2 amide bonds. The Morgan fingerprint density at radius 2 is 1.87 bits per heavy atom. The number of hydrogen-bond donors (Lipinski definition) is 1. The largest absolute Gasteiger partial charge is 0.480 e. The standard InChI is InChI=1S/C21H22N4O6/c1-13-10-19(31-16-6-7-18(25(28)29)17(22)11-16)21(27)24(13)15-4-2-14(3-5-15)23-8-9-30-12-20(23)26/h2-7,11,13,19H,8-10,12,22H2,1H3. The number of anilines is 3. The van der Waals surface area contributed by atoms with Crippen LogP contribution in [0.2, 0.25) is 0 Å². The molecule has 10 nitrogen and oxygen atoms in total. The number of rotatable bonds is 5. The van der Waals surface area contributed by atoms with E-state index in [9.17, 15) is 19.7 Å². The van der Waals surface area contributed by atoms with Crippen molar-refractivity contribution in [3.63, 3.8) is 0 Å². The molecule has 162 valence electrons. The SMILES string of the molecule is CC1CC(Oc2ccc([N+](=O)[O-])c(N)c2)C(=O)N1c1ccc(N2CCOCC2=O)cc1. The summed E-state index contributed by atoms with van der Waals surface area (Å²) in [6.07, 6.45) is -0.268. The second-order valence-electron chi connectivity index (χ2n) is 7.49. The molecular weight excluding hydrogens is 404 g/mol. The molecule has 0 saturated carbocycles. The molecule has 10 heteroatoms. The average Bonchev–Trinajstić information content (AvgIpc) is 3.01. The smallest absolute Gasteiger partial charge is 0.292 e. The Kier molecular flexibility index (Phi) is 5.47. The van der Waals surface area contributed by atoms with Gasteiger partial charge in [-0.25, -0.2) is 0 Å². The highest BCUT2D eigenvalue weighted by Gasteiger charge is 2.39. The van der Waals surface area contributed by atoms with Crippen molar-refractivity contribution in [3.05, 3.63) is 52.6 Å². The highest BCUT2D eigenvalue weighted by atomic mass is 16.6. The number of benzene rings is 2. The van der Waals surface area contributed by atoms with E-state index in [0.717, 1.165) is 5.69 Å². The van der Waals surface area contributed by atoms with Crippen molar-refractivity contribution in [2.75, 3.05) is 35.3 Å². The summed E-state index contributed by atoms with van der Waals surface area (Å²) < 4.78 is 11.0. The van der Waals surface area contributed by atoms with Crippen LogP contribution in [0.5, 0.6) is 5.75 Å². The van der Waals surface area contributed by atoms with E-state index >= 15 is 0 Å². The molecule has 0 aromatic heterocycles. The maximum Gasteiger partial charge on any atom is 0.292 e. The topological polar surface area (TPSA) is 128 Å². The van der Waals surface area contributed by atoms with Crippen LogP contribution in [0.25, 0.3) is 0 Å². The van der Waals surface area contributed by atoms with Gasteiger partial charge in [-0.3, -0.25) is 19.7 Å². The fourth-order valence-corrected chi connectivity index (χ4v) is 3.89. The minimum atomic E-state index is -0.726. The zero-order valence-electron chi connectivity index (χ0n) is 16.9. The Morgan fingerprint density at radius 3 is 2.52 bits per heavy atom. The van der Waals surface area contributed by atoms with Gasteiger partial charge in [-0.15, -0.1) is 0 Å². The molecule has 2 atom stereocenters. The first-order valence-corrected chi connectivity index (χ1v) is 9.87. The van der Waals surface area contributed by atoms with E-state index in [1.165, 1.54) is 18.2 Å². The molecule has 4 rings (SSSR count). The normalized spacial score (nSPS) is 21.5. The first-order valence-electron chi connectivity index (χ1n) is 9.87. The molecule has 2 aliphatic heterocycles. The molecular formula is C21H22N4O6. The minimum absolute atomic E-state index is 0.0221. The third-order valence-corrected chi connectivity index (χ3v) is 5.41. The summed E-state index contributed by atoms with van der Waals surface area (Å²) >= 11 is 0. The van der Waals surface area contributed by atoms with Gasteiger partial charge in [0.2, 0.25) is 0 Å². The van der Waals surface area contributed by atoms with Gasteiger partial charge in [0, 0.05) is 42.5 Å². The zero-order valence-corrected chi connectivity index (χ0v) is 16.9. The number of carbonyl (C=O) groups is 2. The second-order valence-corrected chi connectivity index (χ2v) is 7.49. The lowest BCUT2D eigenvalue weighted by atomic mass is 10.2. The lowest BCUT2D eigenvalue weighted by molar-refractivity contribution is -0.383. The first-order chi connectivity index (χ1) is 14.8. The predicted octanol–water partition coefficient (Wildman–Crippen LogP) is 2.11. The third kappa shape index (κ3) is 4.02. The van der Waals surface area contributed by atoms with Gasteiger partial charge in [0.15, 0.2) is 6.10 Å². The Bertz CT molecular complexity index is 1030. The van der Waals surface area contributed by atoms with E-state index in [1.54, 1.807) is 21.9 Å². The highest BCUT2D eigenvalue weighted by molar-refractivity contribution is 6.00. The summed E-state index contributed by atoms with van der Waals surface area (Å²) in [6.45, 7) is 2.97. The van der Waals surface area contributed by atoms with Crippen molar-refractivity contribution < 1.29 is 24.0 Å². The lowest BCUT2D eigenvalue weighted by Crippen LogP contribution is -2.41. The molecule has 0 aliphatic carbocycles. The number of morpholine rings is 1. The van der Waals surface area contributed by atoms with Crippen molar-refractivity contribution in [2.24, 2.45) is 0 Å². The highest BCUT2D eigenvalue weighted by Crippen LogP contribution is 2.32. The summed E-state index contributed by atoms with van der Waals surface area (Å²) in [5, 5.41) is 10.9. The van der Waals surface area contributed by atoms with Crippen LogP contribution >= 0.6 is 0 Å². The van der Waals surface area contributed by atoms with Crippen LogP contribution < -0.4 is 20.3 Å². The van der Waals surface area contributed by atoms with E-state index < -0.39 is 11.0 Å². The van der Waals surface area contributed by atoms with Gasteiger partial charge in [-0.1, -0.05) is 0 Å². The van der Waals surface area contributed by atoms with Crippen LogP contribution in [0.3, 0.4) is 0 Å². The van der Waals surface area contributed by atoms with Gasteiger partial charge in [0.25, 0.3) is 17.5 Å². The minimum Gasteiger partial charge on any atom is -0.480 e. The fourth-order valence-electron chi connectivity index (χ4n) is 3.89. The maximum absolute atomic E-state index is 13.0. The van der Waals surface area contributed by atoms with Gasteiger partial charge >= 0.3 is 0 Å². The predicted molar refractivity (Wildman–Crippen MR) is 113 cm³/mol. The molecule has 2 aromatic rings. The van der Waals surface area contributed by atoms with Crippen LogP contribution in [-0.4, -0.2) is 48.6 Å². The van der Waals surface area contributed by atoms with Gasteiger partial charge in [0.05, 0.1) is 11.5 Å². The molecule has 2 aliphatic rings. The Morgan fingerprint density at radius 1 is 1.16 bits per heavy atom. The van der Waals surface area contributed by atoms with E-state index in [1.807, 2.05) is 19.1 Å². The number of nitrogens with zero attached hydrogens (tertiary/aromatic N) is 3. The van der Waals surface area contributed by atoms with Crippen molar-refractivity contribution in [3.8, 4) is 5.75 Å². The number of ether oxygens (including phenoxy) is 2. The van der Waals surface area contributed by atoms with Crippen molar-refractivity contribution in [1.29, 1.82) is 0 Å². The molecule has 2 N–H and O–H groups in total. The van der Waals surface area contributed by atoms with Gasteiger partial charge in [-0.05, 0) is 37.3 Å². The van der Waals surface area contributed by atoms with E-state index in [2.05, 4.69) is 0 Å². The van der Waals surface area contributed by atoms with Gasteiger partial charge in [-0.2, -0.15) is 0 Å². The van der Waals surface area contributed by atoms with Crippen molar-refractivity contribution in [1.82, 2.24) is 0 Å². The monoisotopic (exact) mass is 426 g/mol. The average molecular weight is 426 g/mol. The number of carbonyl (C=O) groups excluding carboxylic acids is 2. The summed E-state index contributed by atoms with van der Waals surface area (Å²) in [7, 11) is 0. The third-order valence-electron chi connectivity index (χ3n) is 5.41. The molecule has 2 aromatic carbocycles. The van der Waals surface area contributed by atoms with E-state index in [4.69, 9.17) is 15.2 Å². The Hall–Kier alpha value is -3.66. The number of amides is 2. The lowest BCUT2D eigenvalue weighted by Gasteiger charge is -2.28. The molecule has 2 heterocycles. The van der Waals surface area contributed by atoms with Crippen LogP contribution in [0.1, 0.15) is 13.3 Å². The number of nitro groups is 1. The summed E-state index contributed by atoms with van der Waals surface area (Å²) in [6, 6.07) is 11.2. The molecule has 2 fully saturated rings. The van der Waals surface area contributed by atoms with Crippen LogP contribution in [0.15, 0.2) is 42.5 Å². The quantitative estimate of drug-likeness (QED) is 0.440. The maximum atomic E-state index is 13.0. The molecule has 2 saturated heterocycles. The number of nitrogens with two attached hydrogens (primary N) is 1. The van der Waals surface area contributed by atoms with Gasteiger partial charge < -0.3 is 25.0 Å². The van der Waals surface area contributed by atoms with E-state index in [-0.39, 0.29) is 35.8 Å². The molecule has 2 unspecified atom stereocenters. The Labute approximate surface area is 178 Å². The summed E-state index contributed by atoms with van der Waals surface area (Å²) in [4.78, 5) is 38.7. The fraction of sp³-hybridized carbons (Fsp3) is 0.333. The summed E-state index contributed by atoms with van der Waals surface area (Å²) in [5.41, 5.74) is 6.94. The van der Waals surface area contributed by atoms with E-state index in [0.29, 0.717) is 31.0 Å². The molecule has 0 spiro atoms. The molecule has 31 heavy (non-hydrogen) atoms. The molecule has 0 bridgehead atoms. The van der Waals surface area contributed by atoms with Crippen LogP contribution in [0.4, 0.5) is 22.7 Å². The van der Waals surface area contributed by atoms with Crippen LogP contribution in [0, 0.1) is 10.1 Å². The first kappa shape index (κ1) is 20.6. The Balaban J connectivity index is 1.48. The van der Waals surface area contributed by atoms with Crippen molar-refractivity contribution >= 4 is 34.6 Å². The number of hydrogen-bond acceptors (Lipinski definition) is 7. The number of nitrogen functional groups attached to an aromatic ring is 1. The second kappa shape index (κ2) is 8.23.